The van der Waals surface area contributed by atoms with Gasteiger partial charge in [-0.15, -0.1) is 0 Å². The predicted molar refractivity (Wildman–Crippen MR) is 47.8 cm³/mol. The summed E-state index contributed by atoms with van der Waals surface area (Å²) in [5, 5.41) is 0. The lowest BCUT2D eigenvalue weighted by Crippen LogP contribution is -2.01. The summed E-state index contributed by atoms with van der Waals surface area (Å²) in [4.78, 5) is 4.46. The van der Waals surface area contributed by atoms with E-state index in [0.717, 1.165) is 11.1 Å². The minimum Gasteiger partial charge on any atom is -0.300 e. The number of nitrogens with two attached hydrogens (primary N) is 1. The number of hydrogen-bond donors (Lipinski definition) is 1. The Bertz CT molecular complexity index is 291. The zero-order chi connectivity index (χ0) is 9.14. The Balaban J connectivity index is 3.05. The van der Waals surface area contributed by atoms with Crippen LogP contribution >= 0.6 is 15.9 Å². The normalized spacial score (nSPS) is 10.3. The summed E-state index contributed by atoms with van der Waals surface area (Å²) in [6.07, 6.45) is 0. The van der Waals surface area contributed by atoms with E-state index in [-0.39, 0.29) is 5.82 Å². The lowest BCUT2D eigenvalue weighted by Gasteiger charge is -2.05. The molecule has 12 heavy (non-hydrogen) atoms. The number of halogens is 2. The molecule has 0 bridgehead atoms. The zero-order valence-electron chi connectivity index (χ0n) is 6.60. The summed E-state index contributed by atoms with van der Waals surface area (Å²) in [6, 6.07) is 3.11. The van der Waals surface area contributed by atoms with Crippen molar-refractivity contribution in [3.63, 3.8) is 0 Å². The summed E-state index contributed by atoms with van der Waals surface area (Å²) < 4.78 is 13.3. The number of aryl methyl sites for hydroxylation is 1. The summed E-state index contributed by atoms with van der Waals surface area (Å²) in [5.74, 6) is 4.64. The van der Waals surface area contributed by atoms with Crippen LogP contribution in [0.15, 0.2) is 16.6 Å². The highest BCUT2D eigenvalue weighted by Gasteiger charge is 2.04. The monoisotopic (exact) mass is 233 g/mol. The molecule has 0 unspecified atom stereocenters. The van der Waals surface area contributed by atoms with Gasteiger partial charge < -0.3 is 0 Å². The van der Waals surface area contributed by atoms with Crippen molar-refractivity contribution < 1.29 is 9.23 Å². The van der Waals surface area contributed by atoms with Crippen molar-refractivity contribution in [1.82, 2.24) is 0 Å². The summed E-state index contributed by atoms with van der Waals surface area (Å²) in [7, 11) is 0. The van der Waals surface area contributed by atoms with Crippen LogP contribution in [0.5, 0.6) is 0 Å². The van der Waals surface area contributed by atoms with Crippen LogP contribution in [0, 0.1) is 12.7 Å². The maximum absolute atomic E-state index is 12.9. The van der Waals surface area contributed by atoms with E-state index in [0.29, 0.717) is 11.1 Å². The fourth-order valence-electron chi connectivity index (χ4n) is 0.933. The topological polar surface area (TPSA) is 35.2 Å². The molecule has 2 nitrogen and oxygen atoms in total. The van der Waals surface area contributed by atoms with Crippen LogP contribution in [0.25, 0.3) is 0 Å². The molecule has 0 atom stereocenters. The average molecular weight is 234 g/mol. The van der Waals surface area contributed by atoms with E-state index in [1.165, 1.54) is 6.07 Å². The van der Waals surface area contributed by atoms with Gasteiger partial charge in [-0.05, 0) is 46.1 Å². The van der Waals surface area contributed by atoms with Gasteiger partial charge in [0, 0.05) is 0 Å². The number of hydrogen-bond acceptors (Lipinski definition) is 2. The van der Waals surface area contributed by atoms with E-state index < -0.39 is 0 Å². The standard InChI is InChI=1S/C8H9BrFNO/c1-5-2-8(10)7(9)3-6(5)4-12-11/h2-3H,4,11H2,1H3. The highest BCUT2D eigenvalue weighted by molar-refractivity contribution is 9.10. The van der Waals surface area contributed by atoms with Crippen LogP contribution in [0.1, 0.15) is 11.1 Å². The molecular formula is C8H9BrFNO. The molecule has 4 heteroatoms. The Morgan fingerprint density at radius 2 is 2.25 bits per heavy atom. The molecule has 66 valence electrons. The van der Waals surface area contributed by atoms with Crippen LogP contribution < -0.4 is 5.90 Å². The third-order valence-corrected chi connectivity index (χ3v) is 2.23. The fraction of sp³-hybridized carbons (Fsp3) is 0.250. The van der Waals surface area contributed by atoms with Crippen LogP contribution in [0.4, 0.5) is 4.39 Å². The van der Waals surface area contributed by atoms with Gasteiger partial charge in [-0.25, -0.2) is 10.3 Å². The number of rotatable bonds is 2. The van der Waals surface area contributed by atoms with E-state index in [1.807, 2.05) is 6.92 Å². The first-order chi connectivity index (χ1) is 5.65. The minimum absolute atomic E-state index is 0.270. The third-order valence-electron chi connectivity index (χ3n) is 1.62. The molecule has 0 radical (unpaired) electrons. The molecule has 2 N–H and O–H groups in total. The van der Waals surface area contributed by atoms with E-state index in [2.05, 4.69) is 20.8 Å². The van der Waals surface area contributed by atoms with Gasteiger partial charge in [0.1, 0.15) is 5.82 Å². The largest absolute Gasteiger partial charge is 0.300 e. The molecule has 0 saturated carbocycles. The van der Waals surface area contributed by atoms with Gasteiger partial charge in [0.15, 0.2) is 0 Å². The van der Waals surface area contributed by atoms with Crippen molar-refractivity contribution in [3.05, 3.63) is 33.5 Å². The van der Waals surface area contributed by atoms with Crippen LogP contribution in [-0.2, 0) is 11.4 Å². The van der Waals surface area contributed by atoms with Gasteiger partial charge in [0.2, 0.25) is 0 Å². The van der Waals surface area contributed by atoms with Crippen molar-refractivity contribution in [1.29, 1.82) is 0 Å². The highest BCUT2D eigenvalue weighted by Crippen LogP contribution is 2.20. The van der Waals surface area contributed by atoms with Gasteiger partial charge in [0.25, 0.3) is 0 Å². The summed E-state index contributed by atoms with van der Waals surface area (Å²) in [6.45, 7) is 2.11. The molecule has 0 aliphatic carbocycles. The van der Waals surface area contributed by atoms with E-state index in [4.69, 9.17) is 5.90 Å². The Hall–Kier alpha value is -0.450. The minimum atomic E-state index is -0.270. The van der Waals surface area contributed by atoms with Gasteiger partial charge in [-0.1, -0.05) is 0 Å². The Labute approximate surface area is 78.6 Å². The maximum atomic E-state index is 12.9. The SMILES string of the molecule is Cc1cc(F)c(Br)cc1CON. The molecule has 1 aromatic rings. The second kappa shape index (κ2) is 3.98. The lowest BCUT2D eigenvalue weighted by atomic mass is 10.1. The number of benzene rings is 1. The van der Waals surface area contributed by atoms with Crippen LogP contribution in [0.3, 0.4) is 0 Å². The van der Waals surface area contributed by atoms with Gasteiger partial charge in [0.05, 0.1) is 11.1 Å². The second-order valence-electron chi connectivity index (χ2n) is 2.50. The molecule has 0 aliphatic rings. The van der Waals surface area contributed by atoms with Gasteiger partial charge in [-0.2, -0.15) is 0 Å². The first-order valence-corrected chi connectivity index (χ1v) is 4.20. The van der Waals surface area contributed by atoms with Gasteiger partial charge >= 0.3 is 0 Å². The second-order valence-corrected chi connectivity index (χ2v) is 3.36. The van der Waals surface area contributed by atoms with Crippen molar-refractivity contribution in [3.8, 4) is 0 Å². The van der Waals surface area contributed by atoms with Crippen LogP contribution in [-0.4, -0.2) is 0 Å². The third kappa shape index (κ3) is 2.03. The van der Waals surface area contributed by atoms with Gasteiger partial charge in [-0.3, -0.25) is 4.84 Å². The summed E-state index contributed by atoms with van der Waals surface area (Å²) >= 11 is 3.08. The van der Waals surface area contributed by atoms with E-state index in [9.17, 15) is 4.39 Å². The molecule has 0 heterocycles. The summed E-state index contributed by atoms with van der Waals surface area (Å²) in [5.41, 5.74) is 1.71. The molecule has 0 spiro atoms. The predicted octanol–water partition coefficient (Wildman–Crippen LogP) is 2.29. The van der Waals surface area contributed by atoms with Crippen molar-refractivity contribution in [2.75, 3.05) is 0 Å². The fourth-order valence-corrected chi connectivity index (χ4v) is 1.32. The van der Waals surface area contributed by atoms with Crippen molar-refractivity contribution >= 4 is 15.9 Å². The highest BCUT2D eigenvalue weighted by atomic mass is 79.9. The first-order valence-electron chi connectivity index (χ1n) is 3.41. The molecule has 0 aromatic heterocycles. The van der Waals surface area contributed by atoms with Crippen LogP contribution in [0.2, 0.25) is 0 Å². The molecule has 1 rings (SSSR count). The molecule has 1 aromatic carbocycles. The lowest BCUT2D eigenvalue weighted by molar-refractivity contribution is 0.123. The van der Waals surface area contributed by atoms with Crippen molar-refractivity contribution in [2.45, 2.75) is 13.5 Å². The van der Waals surface area contributed by atoms with E-state index in [1.54, 1.807) is 6.07 Å². The molecule has 0 aliphatic heterocycles. The van der Waals surface area contributed by atoms with E-state index >= 15 is 0 Å². The Morgan fingerprint density at radius 3 is 2.83 bits per heavy atom. The molecule has 0 saturated heterocycles. The quantitative estimate of drug-likeness (QED) is 0.796. The Kier molecular flexibility index (Phi) is 3.20. The zero-order valence-corrected chi connectivity index (χ0v) is 8.19. The average Bonchev–Trinajstić information content (AvgIpc) is 2.01. The molecular weight excluding hydrogens is 225 g/mol. The molecule has 0 amide bonds. The van der Waals surface area contributed by atoms with Crippen molar-refractivity contribution in [2.24, 2.45) is 5.90 Å². The Morgan fingerprint density at radius 1 is 1.58 bits per heavy atom. The maximum Gasteiger partial charge on any atom is 0.137 e. The first kappa shape index (κ1) is 9.64. The smallest absolute Gasteiger partial charge is 0.137 e. The molecule has 0 fully saturated rings.